The summed E-state index contributed by atoms with van der Waals surface area (Å²) < 4.78 is 1.96. The Morgan fingerprint density at radius 3 is 2.65 bits per heavy atom. The van der Waals surface area contributed by atoms with E-state index in [1.807, 2.05) is 16.4 Å². The quantitative estimate of drug-likeness (QED) is 0.779. The molecule has 0 radical (unpaired) electrons. The van der Waals surface area contributed by atoms with Crippen LogP contribution in [0.4, 0.5) is 0 Å². The van der Waals surface area contributed by atoms with Crippen molar-refractivity contribution < 1.29 is 4.79 Å². The highest BCUT2D eigenvalue weighted by Gasteiger charge is 2.26. The molecule has 0 spiro atoms. The van der Waals surface area contributed by atoms with Gasteiger partial charge in [0, 0.05) is 11.3 Å². The first-order valence-electron chi connectivity index (χ1n) is 8.10. The molecular formula is C15H28ClN5OS. The van der Waals surface area contributed by atoms with Gasteiger partial charge in [-0.25, -0.2) is 4.68 Å². The third-order valence-electron chi connectivity index (χ3n) is 4.72. The van der Waals surface area contributed by atoms with E-state index in [9.17, 15) is 4.79 Å². The third-order valence-corrected chi connectivity index (χ3v) is 6.31. The number of aromatic nitrogens is 3. The van der Waals surface area contributed by atoms with Gasteiger partial charge in [-0.3, -0.25) is 4.79 Å². The molecule has 2 rings (SSSR count). The SMILES string of the molecule is CCC(CC)(CNC(=O)c1cn(C2CCNCC2)nn1)SC.Cl. The zero-order valence-corrected chi connectivity index (χ0v) is 15.8. The van der Waals surface area contributed by atoms with Gasteiger partial charge in [-0.2, -0.15) is 11.8 Å². The van der Waals surface area contributed by atoms with Crippen LogP contribution in [0.5, 0.6) is 0 Å². The summed E-state index contributed by atoms with van der Waals surface area (Å²) in [6.07, 6.45) is 8.02. The number of nitrogens with one attached hydrogen (secondary N) is 2. The molecule has 0 atom stereocenters. The van der Waals surface area contributed by atoms with E-state index < -0.39 is 0 Å². The molecule has 132 valence electrons. The molecule has 1 aliphatic rings. The van der Waals surface area contributed by atoms with E-state index in [2.05, 4.69) is 41.0 Å². The number of thioether (sulfide) groups is 1. The lowest BCUT2D eigenvalue weighted by molar-refractivity contribution is 0.0944. The van der Waals surface area contributed by atoms with Crippen LogP contribution < -0.4 is 10.6 Å². The van der Waals surface area contributed by atoms with E-state index in [4.69, 9.17) is 0 Å². The van der Waals surface area contributed by atoms with Gasteiger partial charge in [0.15, 0.2) is 5.69 Å². The first-order valence-corrected chi connectivity index (χ1v) is 9.32. The Morgan fingerprint density at radius 2 is 2.09 bits per heavy atom. The predicted octanol–water partition coefficient (Wildman–Crippen LogP) is 2.28. The Bertz CT molecular complexity index is 478. The van der Waals surface area contributed by atoms with Crippen LogP contribution >= 0.6 is 24.2 Å². The summed E-state index contributed by atoms with van der Waals surface area (Å²) in [5, 5.41) is 14.5. The number of halogens is 1. The Hall–Kier alpha value is -0.790. The molecule has 2 heterocycles. The van der Waals surface area contributed by atoms with Gasteiger partial charge >= 0.3 is 0 Å². The maximum Gasteiger partial charge on any atom is 0.273 e. The van der Waals surface area contributed by atoms with Gasteiger partial charge in [-0.05, 0) is 45.0 Å². The van der Waals surface area contributed by atoms with Crippen molar-refractivity contribution in [3.63, 3.8) is 0 Å². The van der Waals surface area contributed by atoms with E-state index in [-0.39, 0.29) is 23.1 Å². The zero-order chi connectivity index (χ0) is 16.0. The minimum atomic E-state index is -0.125. The molecule has 2 N–H and O–H groups in total. The summed E-state index contributed by atoms with van der Waals surface area (Å²) in [7, 11) is 0. The summed E-state index contributed by atoms with van der Waals surface area (Å²) in [6.45, 7) is 6.99. The number of rotatable bonds is 7. The molecule has 23 heavy (non-hydrogen) atoms. The molecule has 0 saturated carbocycles. The summed E-state index contributed by atoms with van der Waals surface area (Å²) in [5.74, 6) is -0.125. The Kier molecular flexibility index (Phi) is 8.36. The van der Waals surface area contributed by atoms with E-state index in [1.54, 1.807) is 6.20 Å². The molecule has 1 aliphatic heterocycles. The van der Waals surface area contributed by atoms with Crippen molar-refractivity contribution in [2.24, 2.45) is 0 Å². The van der Waals surface area contributed by atoms with Crippen LogP contribution in [0.3, 0.4) is 0 Å². The van der Waals surface area contributed by atoms with Crippen LogP contribution in [-0.4, -0.2) is 51.5 Å². The van der Waals surface area contributed by atoms with Crippen molar-refractivity contribution in [2.45, 2.75) is 50.3 Å². The first-order chi connectivity index (χ1) is 10.6. The lowest BCUT2D eigenvalue weighted by Crippen LogP contribution is -2.39. The maximum absolute atomic E-state index is 12.3. The minimum absolute atomic E-state index is 0. The fourth-order valence-electron chi connectivity index (χ4n) is 2.82. The highest BCUT2D eigenvalue weighted by Crippen LogP contribution is 2.29. The number of piperidine rings is 1. The number of carbonyl (C=O) groups is 1. The third kappa shape index (κ3) is 5.09. The number of hydrogen-bond donors (Lipinski definition) is 2. The highest BCUT2D eigenvalue weighted by atomic mass is 35.5. The zero-order valence-electron chi connectivity index (χ0n) is 14.2. The van der Waals surface area contributed by atoms with Crippen molar-refractivity contribution in [3.8, 4) is 0 Å². The monoisotopic (exact) mass is 361 g/mol. The van der Waals surface area contributed by atoms with Crippen molar-refractivity contribution in [1.82, 2.24) is 25.6 Å². The van der Waals surface area contributed by atoms with Gasteiger partial charge in [0.05, 0.1) is 12.2 Å². The predicted molar refractivity (Wildman–Crippen MR) is 97.6 cm³/mol. The summed E-state index contributed by atoms with van der Waals surface area (Å²) in [5.41, 5.74) is 0.417. The Morgan fingerprint density at radius 1 is 1.43 bits per heavy atom. The average molecular weight is 362 g/mol. The smallest absolute Gasteiger partial charge is 0.273 e. The molecule has 1 amide bonds. The molecule has 0 bridgehead atoms. The van der Waals surface area contributed by atoms with Crippen molar-refractivity contribution in [1.29, 1.82) is 0 Å². The fraction of sp³-hybridized carbons (Fsp3) is 0.800. The molecule has 8 heteroatoms. The van der Waals surface area contributed by atoms with Crippen LogP contribution in [0.1, 0.15) is 56.1 Å². The van der Waals surface area contributed by atoms with Crippen LogP contribution in [0.25, 0.3) is 0 Å². The molecule has 6 nitrogen and oxygen atoms in total. The molecule has 0 aromatic carbocycles. The van der Waals surface area contributed by atoms with Crippen LogP contribution in [0, 0.1) is 0 Å². The average Bonchev–Trinajstić information content (AvgIpc) is 3.07. The maximum atomic E-state index is 12.3. The van der Waals surface area contributed by atoms with E-state index in [1.165, 1.54) is 0 Å². The molecule has 0 unspecified atom stereocenters. The molecule has 1 fully saturated rings. The summed E-state index contributed by atoms with van der Waals surface area (Å²) in [6, 6.07) is 0.354. The van der Waals surface area contributed by atoms with E-state index in [0.717, 1.165) is 38.8 Å². The van der Waals surface area contributed by atoms with E-state index >= 15 is 0 Å². The first kappa shape index (κ1) is 20.3. The molecular weight excluding hydrogens is 334 g/mol. The molecule has 0 aliphatic carbocycles. The number of carbonyl (C=O) groups excluding carboxylic acids is 1. The largest absolute Gasteiger partial charge is 0.349 e. The summed E-state index contributed by atoms with van der Waals surface area (Å²) in [4.78, 5) is 12.3. The number of amides is 1. The van der Waals surface area contributed by atoms with Gasteiger partial charge in [0.2, 0.25) is 0 Å². The van der Waals surface area contributed by atoms with Gasteiger partial charge in [-0.1, -0.05) is 19.1 Å². The van der Waals surface area contributed by atoms with Crippen LogP contribution in [0.2, 0.25) is 0 Å². The Labute approximate surface area is 149 Å². The molecule has 1 saturated heterocycles. The standard InChI is InChI=1S/C15H27N5OS.ClH/c1-4-15(5-2,22-3)11-17-14(21)13-10-20(19-18-13)12-6-8-16-9-7-12;/h10,12,16H,4-9,11H2,1-3H3,(H,17,21);1H. The summed E-state index contributed by atoms with van der Waals surface area (Å²) >= 11 is 1.82. The van der Waals surface area contributed by atoms with Crippen molar-refractivity contribution >= 4 is 30.1 Å². The number of hydrogen-bond acceptors (Lipinski definition) is 5. The number of nitrogens with zero attached hydrogens (tertiary/aromatic N) is 3. The van der Waals surface area contributed by atoms with E-state index in [0.29, 0.717) is 18.3 Å². The van der Waals surface area contributed by atoms with Gasteiger partial charge in [0.25, 0.3) is 5.91 Å². The van der Waals surface area contributed by atoms with Crippen LogP contribution in [-0.2, 0) is 0 Å². The normalized spacial score (nSPS) is 16.0. The van der Waals surface area contributed by atoms with Gasteiger partial charge in [-0.15, -0.1) is 17.5 Å². The second-order valence-corrected chi connectivity index (χ2v) is 7.12. The second kappa shape index (κ2) is 9.49. The molecule has 1 aromatic heterocycles. The Balaban J connectivity index is 0.00000264. The fourth-order valence-corrected chi connectivity index (χ4v) is 3.62. The van der Waals surface area contributed by atoms with Crippen molar-refractivity contribution in [2.75, 3.05) is 25.9 Å². The lowest BCUT2D eigenvalue weighted by atomic mass is 10.0. The topological polar surface area (TPSA) is 71.8 Å². The second-order valence-electron chi connectivity index (χ2n) is 5.84. The van der Waals surface area contributed by atoms with Gasteiger partial charge in [0.1, 0.15) is 0 Å². The van der Waals surface area contributed by atoms with Gasteiger partial charge < -0.3 is 10.6 Å². The minimum Gasteiger partial charge on any atom is -0.349 e. The van der Waals surface area contributed by atoms with Crippen LogP contribution in [0.15, 0.2) is 6.20 Å². The lowest BCUT2D eigenvalue weighted by Gasteiger charge is -2.29. The molecule has 1 aromatic rings. The highest BCUT2D eigenvalue weighted by molar-refractivity contribution is 8.00. The van der Waals surface area contributed by atoms with Crippen molar-refractivity contribution in [3.05, 3.63) is 11.9 Å².